The third-order valence-electron chi connectivity index (χ3n) is 3.87. The van der Waals surface area contributed by atoms with Gasteiger partial charge in [-0.25, -0.2) is 0 Å². The molecule has 0 atom stereocenters. The Morgan fingerprint density at radius 1 is 1.16 bits per heavy atom. The molecule has 0 aliphatic heterocycles. The van der Waals surface area contributed by atoms with E-state index < -0.39 is 0 Å². The highest BCUT2D eigenvalue weighted by Crippen LogP contribution is 2.24. The second kappa shape index (κ2) is 7.12. The van der Waals surface area contributed by atoms with Crippen molar-refractivity contribution in [3.05, 3.63) is 59.9 Å². The highest BCUT2D eigenvalue weighted by atomic mass is 16.5. The van der Waals surface area contributed by atoms with E-state index in [2.05, 4.69) is 34.7 Å². The van der Waals surface area contributed by atoms with Crippen molar-refractivity contribution in [3.63, 3.8) is 0 Å². The Labute approximate surface area is 145 Å². The lowest BCUT2D eigenvalue weighted by atomic mass is 10.0. The monoisotopic (exact) mass is 337 g/mol. The zero-order valence-corrected chi connectivity index (χ0v) is 14.3. The zero-order chi connectivity index (χ0) is 17.8. The molecular weight excluding hydrogens is 318 g/mol. The third-order valence-corrected chi connectivity index (χ3v) is 3.87. The number of carbonyl (C=O) groups is 1. The summed E-state index contributed by atoms with van der Waals surface area (Å²) in [4.78, 5) is 12.5. The van der Waals surface area contributed by atoms with Crippen LogP contribution in [0.25, 0.3) is 5.69 Å². The number of hydrogen-bond acceptors (Lipinski definition) is 5. The number of tetrazole rings is 1. The Morgan fingerprint density at radius 3 is 2.52 bits per heavy atom. The predicted molar refractivity (Wildman–Crippen MR) is 94.2 cm³/mol. The van der Waals surface area contributed by atoms with Gasteiger partial charge in [0, 0.05) is 11.3 Å². The summed E-state index contributed by atoms with van der Waals surface area (Å²) in [7, 11) is 1.54. The number of anilines is 1. The number of carbonyl (C=O) groups excluding carboxylic acids is 1. The van der Waals surface area contributed by atoms with Crippen LogP contribution in [0.2, 0.25) is 0 Å². The van der Waals surface area contributed by atoms with Crippen LogP contribution in [0.4, 0.5) is 5.69 Å². The van der Waals surface area contributed by atoms with Gasteiger partial charge in [-0.15, -0.1) is 5.10 Å². The molecule has 1 N–H and O–H groups in total. The normalized spacial score (nSPS) is 10.7. The van der Waals surface area contributed by atoms with E-state index in [1.165, 1.54) is 23.7 Å². The van der Waals surface area contributed by atoms with Gasteiger partial charge in [0.2, 0.25) is 0 Å². The summed E-state index contributed by atoms with van der Waals surface area (Å²) in [6.45, 7) is 4.26. The summed E-state index contributed by atoms with van der Waals surface area (Å²) in [5, 5.41) is 13.9. The lowest BCUT2D eigenvalue weighted by molar-refractivity contribution is 0.102. The van der Waals surface area contributed by atoms with Crippen molar-refractivity contribution in [2.75, 3.05) is 12.4 Å². The number of methoxy groups -OCH3 is 1. The van der Waals surface area contributed by atoms with Gasteiger partial charge >= 0.3 is 0 Å². The molecule has 3 aromatic rings. The van der Waals surface area contributed by atoms with E-state index in [1.54, 1.807) is 18.2 Å². The maximum Gasteiger partial charge on any atom is 0.255 e. The van der Waals surface area contributed by atoms with Crippen LogP contribution in [0.1, 0.15) is 35.7 Å². The molecule has 1 amide bonds. The summed E-state index contributed by atoms with van der Waals surface area (Å²) in [6.07, 6.45) is 1.47. The van der Waals surface area contributed by atoms with Crippen LogP contribution in [-0.2, 0) is 0 Å². The lowest BCUT2D eigenvalue weighted by Crippen LogP contribution is -2.12. The largest absolute Gasteiger partial charge is 0.494 e. The maximum absolute atomic E-state index is 12.5. The first-order valence-electron chi connectivity index (χ1n) is 7.91. The second-order valence-electron chi connectivity index (χ2n) is 5.87. The first kappa shape index (κ1) is 16.6. The number of nitrogens with zero attached hydrogens (tertiary/aromatic N) is 4. The Bertz CT molecular complexity index is 858. The molecule has 0 unspecified atom stereocenters. The van der Waals surface area contributed by atoms with E-state index in [1.807, 2.05) is 24.3 Å². The molecule has 128 valence electrons. The van der Waals surface area contributed by atoms with E-state index in [0.29, 0.717) is 22.9 Å². The average Bonchev–Trinajstić information content (AvgIpc) is 3.16. The van der Waals surface area contributed by atoms with Gasteiger partial charge in [-0.2, -0.15) is 4.68 Å². The van der Waals surface area contributed by atoms with E-state index in [0.717, 1.165) is 5.69 Å². The minimum Gasteiger partial charge on any atom is -0.494 e. The fourth-order valence-electron chi connectivity index (χ4n) is 2.43. The summed E-state index contributed by atoms with van der Waals surface area (Å²) in [5.74, 6) is 0.752. The molecule has 0 bridgehead atoms. The minimum atomic E-state index is -0.209. The Balaban J connectivity index is 1.80. The summed E-state index contributed by atoms with van der Waals surface area (Å²) >= 11 is 0. The number of ether oxygens (including phenoxy) is 1. The Morgan fingerprint density at radius 2 is 1.92 bits per heavy atom. The van der Waals surface area contributed by atoms with Gasteiger partial charge in [0.05, 0.1) is 7.11 Å². The van der Waals surface area contributed by atoms with Crippen molar-refractivity contribution in [1.82, 2.24) is 20.2 Å². The lowest BCUT2D eigenvalue weighted by Gasteiger charge is -2.11. The molecule has 0 aliphatic rings. The fourth-order valence-corrected chi connectivity index (χ4v) is 2.43. The molecule has 1 heterocycles. The van der Waals surface area contributed by atoms with Gasteiger partial charge in [0.15, 0.2) is 0 Å². The molecule has 0 fully saturated rings. The molecular formula is C18H19N5O2. The van der Waals surface area contributed by atoms with E-state index in [9.17, 15) is 4.79 Å². The molecule has 2 aromatic carbocycles. The van der Waals surface area contributed by atoms with E-state index >= 15 is 0 Å². The molecule has 3 rings (SSSR count). The fraction of sp³-hybridized carbons (Fsp3) is 0.222. The SMILES string of the molecule is COc1cc(C(=O)Nc2ccc(C(C)C)cc2)ccc1-n1cnnn1. The number of benzene rings is 2. The van der Waals surface area contributed by atoms with E-state index in [-0.39, 0.29) is 5.91 Å². The molecule has 7 heteroatoms. The zero-order valence-electron chi connectivity index (χ0n) is 14.3. The van der Waals surface area contributed by atoms with Gasteiger partial charge in [0.1, 0.15) is 17.8 Å². The average molecular weight is 337 g/mol. The number of nitrogens with one attached hydrogen (secondary N) is 1. The number of aromatic nitrogens is 4. The van der Waals surface area contributed by atoms with Gasteiger partial charge < -0.3 is 10.1 Å². The second-order valence-corrected chi connectivity index (χ2v) is 5.87. The topological polar surface area (TPSA) is 81.9 Å². The minimum absolute atomic E-state index is 0.209. The highest BCUT2D eigenvalue weighted by Gasteiger charge is 2.12. The summed E-state index contributed by atoms with van der Waals surface area (Å²) in [5.41, 5.74) is 3.12. The van der Waals surface area contributed by atoms with Crippen molar-refractivity contribution in [3.8, 4) is 11.4 Å². The van der Waals surface area contributed by atoms with Crippen LogP contribution in [0.3, 0.4) is 0 Å². The van der Waals surface area contributed by atoms with Gasteiger partial charge in [0.25, 0.3) is 5.91 Å². The van der Waals surface area contributed by atoms with Crippen molar-refractivity contribution in [2.24, 2.45) is 0 Å². The van der Waals surface area contributed by atoms with Crippen LogP contribution in [0.15, 0.2) is 48.8 Å². The smallest absolute Gasteiger partial charge is 0.255 e. The van der Waals surface area contributed by atoms with Gasteiger partial charge in [-0.3, -0.25) is 4.79 Å². The standard InChI is InChI=1S/C18H19N5O2/c1-12(2)13-4-7-15(8-5-13)20-18(24)14-6-9-16(17(10-14)25-3)23-11-19-21-22-23/h4-12H,1-3H3,(H,20,24). The van der Waals surface area contributed by atoms with Crippen LogP contribution < -0.4 is 10.1 Å². The quantitative estimate of drug-likeness (QED) is 0.774. The molecule has 25 heavy (non-hydrogen) atoms. The molecule has 0 radical (unpaired) electrons. The van der Waals surface area contributed by atoms with Crippen molar-refractivity contribution in [2.45, 2.75) is 19.8 Å². The van der Waals surface area contributed by atoms with Crippen LogP contribution in [0.5, 0.6) is 5.75 Å². The summed E-state index contributed by atoms with van der Waals surface area (Å²) in [6, 6.07) is 12.9. The Kier molecular flexibility index (Phi) is 4.74. The van der Waals surface area contributed by atoms with Crippen LogP contribution in [0, 0.1) is 0 Å². The number of rotatable bonds is 5. The Hall–Kier alpha value is -3.22. The van der Waals surface area contributed by atoms with Gasteiger partial charge in [-0.1, -0.05) is 26.0 Å². The highest BCUT2D eigenvalue weighted by molar-refractivity contribution is 6.04. The molecule has 0 spiro atoms. The van der Waals surface area contributed by atoms with Gasteiger partial charge in [-0.05, 0) is 52.2 Å². The number of hydrogen-bond donors (Lipinski definition) is 1. The molecule has 0 saturated carbocycles. The van der Waals surface area contributed by atoms with Crippen molar-refractivity contribution >= 4 is 11.6 Å². The first-order valence-corrected chi connectivity index (χ1v) is 7.91. The van der Waals surface area contributed by atoms with Crippen LogP contribution >= 0.6 is 0 Å². The summed E-state index contributed by atoms with van der Waals surface area (Å²) < 4.78 is 6.83. The maximum atomic E-state index is 12.5. The molecule has 1 aromatic heterocycles. The van der Waals surface area contributed by atoms with E-state index in [4.69, 9.17) is 4.74 Å². The van der Waals surface area contributed by atoms with Crippen molar-refractivity contribution in [1.29, 1.82) is 0 Å². The molecule has 7 nitrogen and oxygen atoms in total. The number of amides is 1. The molecule has 0 saturated heterocycles. The molecule has 0 aliphatic carbocycles. The first-order chi connectivity index (χ1) is 12.1. The van der Waals surface area contributed by atoms with Crippen LogP contribution in [-0.4, -0.2) is 33.2 Å². The third kappa shape index (κ3) is 3.65. The predicted octanol–water partition coefficient (Wildman–Crippen LogP) is 3.05. The van der Waals surface area contributed by atoms with Crippen molar-refractivity contribution < 1.29 is 9.53 Å².